The Bertz CT molecular complexity index is 1120. The minimum absolute atomic E-state index is 0.353. The summed E-state index contributed by atoms with van der Waals surface area (Å²) in [6, 6.07) is 14.0. The number of fused-ring (bicyclic) bond motifs is 1. The Hall–Kier alpha value is -3.61. The van der Waals surface area contributed by atoms with E-state index >= 15 is 0 Å². The van der Waals surface area contributed by atoms with E-state index in [0.29, 0.717) is 17.0 Å². The van der Waals surface area contributed by atoms with Gasteiger partial charge in [-0.2, -0.15) is 0 Å². The van der Waals surface area contributed by atoms with Crippen LogP contribution in [-0.4, -0.2) is 25.1 Å². The van der Waals surface area contributed by atoms with Gasteiger partial charge < -0.3 is 19.2 Å². The first-order chi connectivity index (χ1) is 14.9. The third-order valence-corrected chi connectivity index (χ3v) is 4.70. The molecule has 0 spiro atoms. The van der Waals surface area contributed by atoms with Crippen molar-refractivity contribution in [1.29, 1.82) is 0 Å². The summed E-state index contributed by atoms with van der Waals surface area (Å²) in [4.78, 5) is 35.4. The highest BCUT2D eigenvalue weighted by molar-refractivity contribution is 5.92. The predicted molar refractivity (Wildman–Crippen MR) is 117 cm³/mol. The number of hydrogen-bond acceptors (Lipinski definition) is 6. The lowest BCUT2D eigenvalue weighted by Gasteiger charge is -2.09. The average Bonchev–Trinajstić information content (AvgIpc) is 2.75. The third kappa shape index (κ3) is 6.44. The van der Waals surface area contributed by atoms with Gasteiger partial charge in [0.1, 0.15) is 11.3 Å². The van der Waals surface area contributed by atoms with Crippen LogP contribution in [0.5, 0.6) is 5.75 Å². The number of unbranched alkanes of at least 4 members (excludes halogenated alkanes) is 1. The van der Waals surface area contributed by atoms with Crippen LogP contribution in [0.4, 0.5) is 5.69 Å². The van der Waals surface area contributed by atoms with Crippen LogP contribution >= 0.6 is 0 Å². The van der Waals surface area contributed by atoms with Gasteiger partial charge in [-0.05, 0) is 55.2 Å². The van der Waals surface area contributed by atoms with Crippen molar-refractivity contribution >= 4 is 28.5 Å². The van der Waals surface area contributed by atoms with Crippen molar-refractivity contribution in [1.82, 2.24) is 0 Å². The summed E-state index contributed by atoms with van der Waals surface area (Å²) in [5, 5.41) is 3.47. The first kappa shape index (κ1) is 22.1. The van der Waals surface area contributed by atoms with Crippen LogP contribution in [-0.2, 0) is 20.7 Å². The van der Waals surface area contributed by atoms with Crippen molar-refractivity contribution in [2.75, 3.05) is 18.5 Å². The molecule has 162 valence electrons. The molecule has 1 N–H and O–H groups in total. The van der Waals surface area contributed by atoms with E-state index in [1.807, 2.05) is 31.2 Å². The molecule has 0 radical (unpaired) electrons. The fourth-order valence-electron chi connectivity index (χ4n) is 3.06. The second kappa shape index (κ2) is 10.4. The Morgan fingerprint density at radius 1 is 1.03 bits per heavy atom. The van der Waals surface area contributed by atoms with E-state index in [9.17, 15) is 14.4 Å². The SMILES string of the molecule is CCCCc1ccc(NC(=O)COC(=O)COc2ccc3c(C)cc(=O)oc3c2)cc1. The molecule has 0 saturated heterocycles. The molecule has 2 aromatic carbocycles. The molecule has 1 aromatic heterocycles. The minimum atomic E-state index is -0.684. The quantitative estimate of drug-likeness (QED) is 0.413. The normalized spacial score (nSPS) is 10.6. The number of ether oxygens (including phenoxy) is 2. The zero-order valence-electron chi connectivity index (χ0n) is 17.6. The highest BCUT2D eigenvalue weighted by Crippen LogP contribution is 2.22. The van der Waals surface area contributed by atoms with Gasteiger partial charge in [0.05, 0.1) is 0 Å². The number of amides is 1. The van der Waals surface area contributed by atoms with Crippen molar-refractivity contribution in [2.24, 2.45) is 0 Å². The lowest BCUT2D eigenvalue weighted by Crippen LogP contribution is -2.23. The molecule has 0 aliphatic carbocycles. The second-order valence-electron chi connectivity index (χ2n) is 7.20. The number of rotatable bonds is 9. The third-order valence-electron chi connectivity index (χ3n) is 4.70. The molecule has 31 heavy (non-hydrogen) atoms. The first-order valence-corrected chi connectivity index (χ1v) is 10.2. The number of nitrogens with one attached hydrogen (secondary N) is 1. The maximum atomic E-state index is 12.0. The lowest BCUT2D eigenvalue weighted by molar-refractivity contribution is -0.149. The Labute approximate surface area is 180 Å². The molecule has 1 heterocycles. The molecule has 3 rings (SSSR count). The Kier molecular flexibility index (Phi) is 7.43. The van der Waals surface area contributed by atoms with Crippen molar-refractivity contribution < 1.29 is 23.5 Å². The van der Waals surface area contributed by atoms with E-state index in [1.165, 1.54) is 17.7 Å². The van der Waals surface area contributed by atoms with Crippen LogP contribution in [0, 0.1) is 6.92 Å². The van der Waals surface area contributed by atoms with E-state index in [0.717, 1.165) is 30.2 Å². The van der Waals surface area contributed by atoms with Gasteiger partial charge in [-0.3, -0.25) is 4.79 Å². The molecule has 0 fully saturated rings. The Balaban J connectivity index is 1.45. The van der Waals surface area contributed by atoms with E-state index in [1.54, 1.807) is 12.1 Å². The molecule has 0 saturated carbocycles. The van der Waals surface area contributed by atoms with Gasteiger partial charge in [0.15, 0.2) is 13.2 Å². The number of anilines is 1. The fraction of sp³-hybridized carbons (Fsp3) is 0.292. The van der Waals surface area contributed by atoms with Crippen molar-refractivity contribution in [3.63, 3.8) is 0 Å². The van der Waals surface area contributed by atoms with E-state index in [4.69, 9.17) is 13.9 Å². The maximum absolute atomic E-state index is 12.0. The largest absolute Gasteiger partial charge is 0.482 e. The maximum Gasteiger partial charge on any atom is 0.344 e. The molecule has 3 aromatic rings. The summed E-state index contributed by atoms with van der Waals surface area (Å²) in [5.41, 5.74) is 2.56. The fourth-order valence-corrected chi connectivity index (χ4v) is 3.06. The van der Waals surface area contributed by atoms with Gasteiger partial charge >= 0.3 is 11.6 Å². The smallest absolute Gasteiger partial charge is 0.344 e. The van der Waals surface area contributed by atoms with Gasteiger partial charge in [-0.15, -0.1) is 0 Å². The van der Waals surface area contributed by atoms with Crippen molar-refractivity contribution in [2.45, 2.75) is 33.1 Å². The summed E-state index contributed by atoms with van der Waals surface area (Å²) < 4.78 is 15.5. The number of hydrogen-bond donors (Lipinski definition) is 1. The zero-order valence-corrected chi connectivity index (χ0v) is 17.6. The molecule has 0 bridgehead atoms. The Morgan fingerprint density at radius 3 is 2.55 bits per heavy atom. The summed E-state index contributed by atoms with van der Waals surface area (Å²) >= 11 is 0. The zero-order chi connectivity index (χ0) is 22.2. The molecule has 0 atom stereocenters. The number of esters is 1. The average molecular weight is 423 g/mol. The predicted octanol–water partition coefficient (Wildman–Crippen LogP) is 4.00. The molecular formula is C24H25NO6. The second-order valence-corrected chi connectivity index (χ2v) is 7.20. The Morgan fingerprint density at radius 2 is 1.81 bits per heavy atom. The summed E-state index contributed by atoms with van der Waals surface area (Å²) in [7, 11) is 0. The molecule has 0 unspecified atom stereocenters. The summed E-state index contributed by atoms with van der Waals surface area (Å²) in [6.07, 6.45) is 3.26. The number of carbonyl (C=O) groups is 2. The number of carbonyl (C=O) groups excluding carboxylic acids is 2. The minimum Gasteiger partial charge on any atom is -0.482 e. The molecule has 7 nitrogen and oxygen atoms in total. The van der Waals surface area contributed by atoms with Crippen LogP contribution in [0.15, 0.2) is 57.7 Å². The van der Waals surface area contributed by atoms with Gasteiger partial charge in [-0.25, -0.2) is 9.59 Å². The van der Waals surface area contributed by atoms with Crippen LogP contribution in [0.1, 0.15) is 30.9 Å². The first-order valence-electron chi connectivity index (χ1n) is 10.2. The van der Waals surface area contributed by atoms with Crippen LogP contribution in [0.25, 0.3) is 11.0 Å². The highest BCUT2D eigenvalue weighted by Gasteiger charge is 2.10. The number of benzene rings is 2. The molecule has 0 aliphatic heterocycles. The van der Waals surface area contributed by atoms with Gasteiger partial charge in [0, 0.05) is 23.2 Å². The van der Waals surface area contributed by atoms with Crippen LogP contribution in [0.2, 0.25) is 0 Å². The molecular weight excluding hydrogens is 398 g/mol. The molecule has 0 aliphatic rings. The van der Waals surface area contributed by atoms with Gasteiger partial charge in [0.2, 0.25) is 0 Å². The van der Waals surface area contributed by atoms with E-state index < -0.39 is 24.1 Å². The van der Waals surface area contributed by atoms with E-state index in [2.05, 4.69) is 12.2 Å². The molecule has 7 heteroatoms. The summed E-state index contributed by atoms with van der Waals surface area (Å²) in [6.45, 7) is 3.17. The number of aryl methyl sites for hydroxylation is 2. The van der Waals surface area contributed by atoms with Gasteiger partial charge in [0.25, 0.3) is 5.91 Å². The van der Waals surface area contributed by atoms with Crippen LogP contribution < -0.4 is 15.7 Å². The highest BCUT2D eigenvalue weighted by atomic mass is 16.6. The lowest BCUT2D eigenvalue weighted by atomic mass is 10.1. The van der Waals surface area contributed by atoms with Crippen molar-refractivity contribution in [3.05, 3.63) is 70.1 Å². The molecule has 1 amide bonds. The van der Waals surface area contributed by atoms with Crippen LogP contribution in [0.3, 0.4) is 0 Å². The monoisotopic (exact) mass is 423 g/mol. The van der Waals surface area contributed by atoms with Crippen molar-refractivity contribution in [3.8, 4) is 5.75 Å². The topological polar surface area (TPSA) is 94.8 Å². The summed E-state index contributed by atoms with van der Waals surface area (Å²) in [5.74, 6) is -0.765. The standard InChI is InChI=1S/C24H25NO6/c1-3-4-5-17-6-8-18(9-7-17)25-22(26)14-30-24(28)15-29-19-10-11-20-16(2)12-23(27)31-21(20)13-19/h6-13H,3-5,14-15H2,1-2H3,(H,25,26). The van der Waals surface area contributed by atoms with Gasteiger partial charge in [-0.1, -0.05) is 25.5 Å². The van der Waals surface area contributed by atoms with E-state index in [-0.39, 0.29) is 6.61 Å².